The van der Waals surface area contributed by atoms with E-state index in [1.807, 2.05) is 55.1 Å². The summed E-state index contributed by atoms with van der Waals surface area (Å²) >= 11 is 4.83. The number of thioether (sulfide) groups is 1. The van der Waals surface area contributed by atoms with Crippen molar-refractivity contribution in [1.29, 1.82) is 0 Å². The lowest BCUT2D eigenvalue weighted by Crippen LogP contribution is -2.35. The summed E-state index contributed by atoms with van der Waals surface area (Å²) in [6.07, 6.45) is 2.11. The zero-order valence-electron chi connectivity index (χ0n) is 16.3. The zero-order chi connectivity index (χ0) is 20.5. The number of carbonyl (C=O) groups is 2. The molecule has 1 saturated heterocycles. The Morgan fingerprint density at radius 3 is 2.72 bits per heavy atom. The maximum absolute atomic E-state index is 13.0. The molecule has 0 radical (unpaired) electrons. The molecule has 5 nitrogen and oxygen atoms in total. The van der Waals surface area contributed by atoms with E-state index in [2.05, 4.69) is 27.3 Å². The lowest BCUT2D eigenvalue weighted by Gasteiger charge is -2.15. The fourth-order valence-electron chi connectivity index (χ4n) is 3.24. The van der Waals surface area contributed by atoms with Crippen LogP contribution in [0.5, 0.6) is 0 Å². The second-order valence-corrected chi connectivity index (χ2v) is 9.49. The van der Waals surface area contributed by atoms with Crippen LogP contribution in [-0.2, 0) is 9.59 Å². The van der Waals surface area contributed by atoms with Gasteiger partial charge in [-0.1, -0.05) is 36.0 Å². The first-order valence-corrected chi connectivity index (χ1v) is 11.3. The van der Waals surface area contributed by atoms with Gasteiger partial charge in [0.15, 0.2) is 5.17 Å². The summed E-state index contributed by atoms with van der Waals surface area (Å²) in [5.74, 6) is -0.185. The van der Waals surface area contributed by atoms with Crippen LogP contribution in [0.1, 0.15) is 30.4 Å². The number of anilines is 1. The molecule has 7 heteroatoms. The minimum Gasteiger partial charge on any atom is -0.325 e. The molecule has 4 rings (SSSR count). The van der Waals surface area contributed by atoms with E-state index >= 15 is 0 Å². The van der Waals surface area contributed by atoms with Gasteiger partial charge in [-0.3, -0.25) is 14.5 Å². The molecule has 2 fully saturated rings. The Bertz CT molecular complexity index is 1000. The number of rotatable bonds is 5. The van der Waals surface area contributed by atoms with E-state index < -0.39 is 5.25 Å². The number of carbonyl (C=O) groups excluding carboxylic acids is 2. The SMILES string of the molecule is Cc1ccc(C)c(N=C2SC(CC(=O)Nc3ccccc3Br)C(=O)N2C2CC2)c1. The van der Waals surface area contributed by atoms with Gasteiger partial charge in [0.2, 0.25) is 11.8 Å². The van der Waals surface area contributed by atoms with Crippen LogP contribution in [0.25, 0.3) is 0 Å². The minimum absolute atomic E-state index is 0.0103. The molecule has 2 aliphatic rings. The maximum Gasteiger partial charge on any atom is 0.242 e. The van der Waals surface area contributed by atoms with Crippen molar-refractivity contribution < 1.29 is 9.59 Å². The number of halogens is 1. The van der Waals surface area contributed by atoms with E-state index in [1.165, 1.54) is 11.8 Å². The van der Waals surface area contributed by atoms with Crippen molar-refractivity contribution in [2.45, 2.75) is 44.4 Å². The third-order valence-electron chi connectivity index (χ3n) is 4.98. The fraction of sp³-hybridized carbons (Fsp3) is 0.318. The molecule has 29 heavy (non-hydrogen) atoms. The molecule has 1 aliphatic carbocycles. The fourth-order valence-corrected chi connectivity index (χ4v) is 4.83. The Morgan fingerprint density at radius 1 is 1.24 bits per heavy atom. The average molecular weight is 472 g/mol. The van der Waals surface area contributed by atoms with Crippen LogP contribution in [0.15, 0.2) is 51.9 Å². The second kappa shape index (κ2) is 8.32. The highest BCUT2D eigenvalue weighted by molar-refractivity contribution is 9.10. The number of hydrogen-bond acceptors (Lipinski definition) is 4. The van der Waals surface area contributed by atoms with Crippen LogP contribution >= 0.6 is 27.7 Å². The molecule has 150 valence electrons. The van der Waals surface area contributed by atoms with Crippen molar-refractivity contribution in [2.24, 2.45) is 4.99 Å². The zero-order valence-corrected chi connectivity index (χ0v) is 18.7. The Labute approximate surface area is 183 Å². The number of aryl methyl sites for hydroxylation is 2. The molecule has 2 amide bonds. The summed E-state index contributed by atoms with van der Waals surface area (Å²) in [5, 5.41) is 3.16. The molecule has 0 aromatic heterocycles. The summed E-state index contributed by atoms with van der Waals surface area (Å²) in [5.41, 5.74) is 3.79. The number of benzene rings is 2. The second-order valence-electron chi connectivity index (χ2n) is 7.46. The molecule has 1 atom stereocenters. The molecule has 2 aromatic rings. The van der Waals surface area contributed by atoms with Gasteiger partial charge in [-0.2, -0.15) is 0 Å². The molecular weight excluding hydrogens is 450 g/mol. The first-order chi connectivity index (χ1) is 13.9. The molecule has 0 spiro atoms. The number of hydrogen-bond donors (Lipinski definition) is 1. The molecule has 1 heterocycles. The van der Waals surface area contributed by atoms with Crippen LogP contribution in [0.4, 0.5) is 11.4 Å². The highest BCUT2D eigenvalue weighted by Gasteiger charge is 2.46. The highest BCUT2D eigenvalue weighted by Crippen LogP contribution is 2.40. The van der Waals surface area contributed by atoms with E-state index in [4.69, 9.17) is 4.99 Å². The van der Waals surface area contributed by atoms with Gasteiger partial charge in [0.05, 0.1) is 11.4 Å². The van der Waals surface area contributed by atoms with Crippen molar-refractivity contribution in [3.63, 3.8) is 0 Å². The van der Waals surface area contributed by atoms with Crippen LogP contribution in [0, 0.1) is 13.8 Å². The van der Waals surface area contributed by atoms with Crippen molar-refractivity contribution in [3.8, 4) is 0 Å². The molecule has 1 saturated carbocycles. The molecule has 2 aromatic carbocycles. The standard InChI is InChI=1S/C22H22BrN3O2S/c1-13-7-8-14(2)18(11-13)25-22-26(15-9-10-15)21(28)19(29-22)12-20(27)24-17-6-4-3-5-16(17)23/h3-8,11,15,19H,9-10,12H2,1-2H3,(H,24,27). The van der Waals surface area contributed by atoms with E-state index in [0.717, 1.165) is 34.1 Å². The van der Waals surface area contributed by atoms with Crippen LogP contribution in [-0.4, -0.2) is 33.2 Å². The van der Waals surface area contributed by atoms with E-state index in [-0.39, 0.29) is 24.3 Å². The summed E-state index contributed by atoms with van der Waals surface area (Å²) in [7, 11) is 0. The van der Waals surface area contributed by atoms with Gasteiger partial charge >= 0.3 is 0 Å². The molecule has 1 aliphatic heterocycles. The number of aliphatic imine (C=N–C) groups is 1. The average Bonchev–Trinajstić information content (AvgIpc) is 3.46. The predicted molar refractivity (Wildman–Crippen MR) is 122 cm³/mol. The Kier molecular flexibility index (Phi) is 5.79. The highest BCUT2D eigenvalue weighted by atomic mass is 79.9. The monoisotopic (exact) mass is 471 g/mol. The van der Waals surface area contributed by atoms with Crippen molar-refractivity contribution >= 4 is 56.0 Å². The third kappa shape index (κ3) is 4.56. The Morgan fingerprint density at radius 2 is 2.00 bits per heavy atom. The van der Waals surface area contributed by atoms with Crippen LogP contribution < -0.4 is 5.32 Å². The summed E-state index contributed by atoms with van der Waals surface area (Å²) in [6, 6.07) is 13.8. The van der Waals surface area contributed by atoms with Gasteiger partial charge in [-0.05, 0) is 71.9 Å². The lowest BCUT2D eigenvalue weighted by atomic mass is 10.1. The number of amides is 2. The summed E-state index contributed by atoms with van der Waals surface area (Å²) in [4.78, 5) is 32.2. The normalized spacial score (nSPS) is 20.4. The van der Waals surface area contributed by atoms with Gasteiger partial charge in [0.25, 0.3) is 0 Å². The van der Waals surface area contributed by atoms with Crippen molar-refractivity contribution in [3.05, 3.63) is 58.1 Å². The quantitative estimate of drug-likeness (QED) is 0.652. The Hall–Kier alpha value is -2.12. The largest absolute Gasteiger partial charge is 0.325 e. The lowest BCUT2D eigenvalue weighted by molar-refractivity contribution is -0.128. The summed E-state index contributed by atoms with van der Waals surface area (Å²) < 4.78 is 0.815. The van der Waals surface area contributed by atoms with Gasteiger partial charge in [0, 0.05) is 16.9 Å². The smallest absolute Gasteiger partial charge is 0.242 e. The first-order valence-electron chi connectivity index (χ1n) is 9.62. The number of nitrogens with zero attached hydrogens (tertiary/aromatic N) is 2. The van der Waals surface area contributed by atoms with Gasteiger partial charge in [0.1, 0.15) is 5.25 Å². The van der Waals surface area contributed by atoms with Crippen LogP contribution in [0.2, 0.25) is 0 Å². The predicted octanol–water partition coefficient (Wildman–Crippen LogP) is 5.19. The van der Waals surface area contributed by atoms with Gasteiger partial charge in [-0.25, -0.2) is 4.99 Å². The van der Waals surface area contributed by atoms with Crippen molar-refractivity contribution in [2.75, 3.05) is 5.32 Å². The van der Waals surface area contributed by atoms with E-state index in [1.54, 1.807) is 0 Å². The molecule has 1 N–H and O–H groups in total. The topological polar surface area (TPSA) is 61.8 Å². The molecule has 0 bridgehead atoms. The van der Waals surface area contributed by atoms with Crippen molar-refractivity contribution in [1.82, 2.24) is 4.90 Å². The Balaban J connectivity index is 1.53. The maximum atomic E-state index is 13.0. The third-order valence-corrected chi connectivity index (χ3v) is 6.82. The molecular formula is C22H22BrN3O2S. The number of amidine groups is 1. The number of para-hydroxylation sites is 1. The minimum atomic E-state index is -0.443. The van der Waals surface area contributed by atoms with Gasteiger partial charge < -0.3 is 5.32 Å². The summed E-state index contributed by atoms with van der Waals surface area (Å²) in [6.45, 7) is 4.05. The number of nitrogens with one attached hydrogen (secondary N) is 1. The van der Waals surface area contributed by atoms with Gasteiger partial charge in [-0.15, -0.1) is 0 Å². The first kappa shape index (κ1) is 20.2. The van der Waals surface area contributed by atoms with Crippen LogP contribution in [0.3, 0.4) is 0 Å². The van der Waals surface area contributed by atoms with E-state index in [9.17, 15) is 9.59 Å². The molecule has 1 unspecified atom stereocenters. The van der Waals surface area contributed by atoms with E-state index in [0.29, 0.717) is 10.9 Å².